The smallest absolute Gasteiger partial charge is 0.410 e. The van der Waals surface area contributed by atoms with Crippen LogP contribution in [0.3, 0.4) is 0 Å². The molecule has 1 aromatic rings. The van der Waals surface area contributed by atoms with Crippen LogP contribution in [0.25, 0.3) is 0 Å². The zero-order valence-corrected chi connectivity index (χ0v) is 14.5. The average molecular weight is 335 g/mol. The molecule has 3 heterocycles. The molecule has 1 atom stereocenters. The van der Waals surface area contributed by atoms with Gasteiger partial charge in [0, 0.05) is 45.3 Å². The number of carbonyl (C=O) groups excluding carboxylic acids is 1. The van der Waals surface area contributed by atoms with Gasteiger partial charge in [0.2, 0.25) is 5.95 Å². The third kappa shape index (κ3) is 3.87. The summed E-state index contributed by atoms with van der Waals surface area (Å²) >= 11 is 0. The van der Waals surface area contributed by atoms with Gasteiger partial charge in [0.25, 0.3) is 0 Å². The normalized spacial score (nSPS) is 22.2. The van der Waals surface area contributed by atoms with Crippen LogP contribution in [0, 0.1) is 0 Å². The molecule has 24 heavy (non-hydrogen) atoms. The van der Waals surface area contributed by atoms with Crippen molar-refractivity contribution in [3.63, 3.8) is 0 Å². The SMILES string of the molecule is CC(C)(C)OC(=O)N1CCN2CCN(c3ncc(O)cn3)CC2C1. The minimum Gasteiger partial charge on any atom is -0.505 e. The first-order valence-electron chi connectivity index (χ1n) is 8.30. The van der Waals surface area contributed by atoms with Gasteiger partial charge in [0.05, 0.1) is 12.4 Å². The first-order valence-corrected chi connectivity index (χ1v) is 8.30. The molecule has 0 bridgehead atoms. The van der Waals surface area contributed by atoms with Gasteiger partial charge in [-0.1, -0.05) is 0 Å². The molecule has 0 aliphatic carbocycles. The Morgan fingerprint density at radius 1 is 1.17 bits per heavy atom. The molecule has 3 rings (SSSR count). The number of aromatic nitrogens is 2. The maximum Gasteiger partial charge on any atom is 0.410 e. The number of anilines is 1. The molecule has 1 unspecified atom stereocenters. The van der Waals surface area contributed by atoms with Crippen LogP contribution in [0.4, 0.5) is 10.7 Å². The zero-order chi connectivity index (χ0) is 17.3. The van der Waals surface area contributed by atoms with E-state index in [1.54, 1.807) is 4.90 Å². The quantitative estimate of drug-likeness (QED) is 0.817. The fourth-order valence-corrected chi connectivity index (χ4v) is 3.11. The van der Waals surface area contributed by atoms with Crippen LogP contribution < -0.4 is 4.90 Å². The van der Waals surface area contributed by atoms with Crippen molar-refractivity contribution in [1.82, 2.24) is 19.8 Å². The van der Waals surface area contributed by atoms with E-state index in [9.17, 15) is 9.90 Å². The lowest BCUT2D eigenvalue weighted by Crippen LogP contribution is -2.63. The minimum absolute atomic E-state index is 0.0613. The van der Waals surface area contributed by atoms with Crippen LogP contribution in [0.5, 0.6) is 5.75 Å². The Labute approximate surface area is 142 Å². The van der Waals surface area contributed by atoms with Crippen molar-refractivity contribution in [1.29, 1.82) is 0 Å². The van der Waals surface area contributed by atoms with Gasteiger partial charge in [0.15, 0.2) is 5.75 Å². The summed E-state index contributed by atoms with van der Waals surface area (Å²) in [5, 5.41) is 9.32. The molecule has 2 aliphatic heterocycles. The lowest BCUT2D eigenvalue weighted by Gasteiger charge is -2.47. The summed E-state index contributed by atoms with van der Waals surface area (Å²) in [6.07, 6.45) is 2.56. The van der Waals surface area contributed by atoms with Gasteiger partial charge in [-0.2, -0.15) is 0 Å². The third-order valence-electron chi connectivity index (χ3n) is 4.25. The highest BCUT2D eigenvalue weighted by atomic mass is 16.6. The van der Waals surface area contributed by atoms with E-state index < -0.39 is 5.60 Å². The number of aromatic hydroxyl groups is 1. The average Bonchev–Trinajstić information content (AvgIpc) is 2.53. The van der Waals surface area contributed by atoms with Gasteiger partial charge in [-0.25, -0.2) is 14.8 Å². The molecule has 2 saturated heterocycles. The number of hydrogen-bond donors (Lipinski definition) is 1. The highest BCUT2D eigenvalue weighted by molar-refractivity contribution is 5.68. The lowest BCUT2D eigenvalue weighted by molar-refractivity contribution is 0.00210. The topological polar surface area (TPSA) is 82.0 Å². The molecule has 0 aromatic carbocycles. The van der Waals surface area contributed by atoms with Crippen LogP contribution in [-0.4, -0.2) is 81.9 Å². The van der Waals surface area contributed by atoms with Crippen LogP contribution >= 0.6 is 0 Å². The molecule has 1 N–H and O–H groups in total. The minimum atomic E-state index is -0.479. The van der Waals surface area contributed by atoms with Gasteiger partial charge in [-0.3, -0.25) is 4.90 Å². The van der Waals surface area contributed by atoms with Crippen LogP contribution in [0.15, 0.2) is 12.4 Å². The van der Waals surface area contributed by atoms with E-state index in [0.29, 0.717) is 19.0 Å². The Morgan fingerprint density at radius 2 is 1.83 bits per heavy atom. The molecule has 0 saturated carbocycles. The second-order valence-corrected chi connectivity index (χ2v) is 7.30. The molecule has 2 fully saturated rings. The maximum atomic E-state index is 12.3. The number of piperazine rings is 2. The van der Waals surface area contributed by atoms with E-state index >= 15 is 0 Å². The number of amides is 1. The van der Waals surface area contributed by atoms with Crippen molar-refractivity contribution in [2.45, 2.75) is 32.4 Å². The molecule has 2 aliphatic rings. The summed E-state index contributed by atoms with van der Waals surface area (Å²) in [5.74, 6) is 0.674. The lowest BCUT2D eigenvalue weighted by atomic mass is 10.1. The number of hydrogen-bond acceptors (Lipinski definition) is 7. The summed E-state index contributed by atoms with van der Waals surface area (Å²) in [5.41, 5.74) is -0.479. The molecular formula is C16H25N5O3. The van der Waals surface area contributed by atoms with Crippen molar-refractivity contribution in [2.24, 2.45) is 0 Å². The summed E-state index contributed by atoms with van der Waals surface area (Å²) < 4.78 is 5.48. The predicted octanol–water partition coefficient (Wildman–Crippen LogP) is 0.923. The van der Waals surface area contributed by atoms with E-state index in [-0.39, 0.29) is 17.9 Å². The Kier molecular flexibility index (Phi) is 4.49. The molecule has 0 radical (unpaired) electrons. The summed E-state index contributed by atoms with van der Waals surface area (Å²) in [6, 6.07) is 0.234. The molecule has 132 valence electrons. The van der Waals surface area contributed by atoms with Crippen molar-refractivity contribution in [2.75, 3.05) is 44.2 Å². The monoisotopic (exact) mass is 335 g/mol. The molecular weight excluding hydrogens is 310 g/mol. The van der Waals surface area contributed by atoms with Gasteiger partial charge >= 0.3 is 6.09 Å². The van der Waals surface area contributed by atoms with E-state index in [1.807, 2.05) is 20.8 Å². The maximum absolute atomic E-state index is 12.3. The van der Waals surface area contributed by atoms with E-state index in [2.05, 4.69) is 19.8 Å². The summed E-state index contributed by atoms with van der Waals surface area (Å²) in [4.78, 5) is 26.9. The summed E-state index contributed by atoms with van der Waals surface area (Å²) in [7, 11) is 0. The number of ether oxygens (including phenoxy) is 1. The third-order valence-corrected chi connectivity index (χ3v) is 4.25. The van der Waals surface area contributed by atoms with E-state index in [0.717, 1.165) is 26.2 Å². The number of nitrogens with zero attached hydrogens (tertiary/aromatic N) is 5. The molecule has 1 aromatic heterocycles. The zero-order valence-electron chi connectivity index (χ0n) is 14.5. The van der Waals surface area contributed by atoms with Crippen molar-refractivity contribution < 1.29 is 14.6 Å². The van der Waals surface area contributed by atoms with Gasteiger partial charge in [0.1, 0.15) is 5.60 Å². The molecule has 0 spiro atoms. The Hall–Kier alpha value is -2.09. The number of rotatable bonds is 1. The highest BCUT2D eigenvalue weighted by Crippen LogP contribution is 2.21. The van der Waals surface area contributed by atoms with E-state index in [4.69, 9.17) is 4.74 Å². The van der Waals surface area contributed by atoms with Gasteiger partial charge < -0.3 is 19.6 Å². The summed E-state index contributed by atoms with van der Waals surface area (Å²) in [6.45, 7) is 10.3. The molecule has 8 heteroatoms. The first kappa shape index (κ1) is 16.8. The van der Waals surface area contributed by atoms with Crippen molar-refractivity contribution in [3.05, 3.63) is 12.4 Å². The first-order chi connectivity index (χ1) is 11.3. The van der Waals surface area contributed by atoms with Crippen LogP contribution in [0.1, 0.15) is 20.8 Å². The Balaban J connectivity index is 1.63. The Bertz CT molecular complexity index is 586. The largest absolute Gasteiger partial charge is 0.505 e. The second-order valence-electron chi connectivity index (χ2n) is 7.30. The standard InChI is InChI=1S/C16H25N5O3/c1-16(2,3)24-15(23)21-7-5-19-4-6-20(10-12(19)11-21)14-17-8-13(22)9-18-14/h8-9,12,22H,4-7,10-11H2,1-3H3. The van der Waals surface area contributed by atoms with Crippen LogP contribution in [0.2, 0.25) is 0 Å². The van der Waals surface area contributed by atoms with E-state index in [1.165, 1.54) is 12.4 Å². The second kappa shape index (κ2) is 6.43. The number of fused-ring (bicyclic) bond motifs is 1. The molecule has 8 nitrogen and oxygen atoms in total. The molecule has 1 amide bonds. The van der Waals surface area contributed by atoms with Crippen molar-refractivity contribution >= 4 is 12.0 Å². The van der Waals surface area contributed by atoms with Crippen LogP contribution in [-0.2, 0) is 4.74 Å². The predicted molar refractivity (Wildman–Crippen MR) is 89.1 cm³/mol. The van der Waals surface area contributed by atoms with Crippen molar-refractivity contribution in [3.8, 4) is 5.75 Å². The van der Waals surface area contributed by atoms with Gasteiger partial charge in [-0.05, 0) is 20.8 Å². The highest BCUT2D eigenvalue weighted by Gasteiger charge is 2.35. The van der Waals surface area contributed by atoms with Gasteiger partial charge in [-0.15, -0.1) is 0 Å². The Morgan fingerprint density at radius 3 is 2.50 bits per heavy atom. The number of carbonyl (C=O) groups is 1. The fourth-order valence-electron chi connectivity index (χ4n) is 3.11. The fraction of sp³-hybridized carbons (Fsp3) is 0.688.